The van der Waals surface area contributed by atoms with E-state index >= 15 is 0 Å². The standard InChI is InChI=1S/C20H38NO6P/c1-5-6-12-19(21)13-9-11-18(17(2)22)10-7-8-14-26-20(15-25-3)16-27-28(4,23)24/h9,12-13,18,20H,5-8,10-11,14-16,21H2,1-4H3,(H,23,24)/b13-9-,19-12-/t18-,20+/m0/s1. The quantitative estimate of drug-likeness (QED) is 0.210. The molecule has 0 saturated heterocycles. The molecule has 0 saturated carbocycles. The van der Waals surface area contributed by atoms with Gasteiger partial charge in [-0.3, -0.25) is 9.36 Å². The van der Waals surface area contributed by atoms with E-state index in [2.05, 4.69) is 6.92 Å². The minimum absolute atomic E-state index is 0.00591. The molecule has 0 spiro atoms. The van der Waals surface area contributed by atoms with E-state index in [-0.39, 0.29) is 24.9 Å². The van der Waals surface area contributed by atoms with E-state index < -0.39 is 13.7 Å². The Balaban J connectivity index is 4.21. The average Bonchev–Trinajstić information content (AvgIpc) is 2.61. The maximum Gasteiger partial charge on any atom is 0.325 e. The third-order valence-corrected chi connectivity index (χ3v) is 4.76. The van der Waals surface area contributed by atoms with Crippen molar-refractivity contribution in [1.29, 1.82) is 0 Å². The van der Waals surface area contributed by atoms with Gasteiger partial charge in [0.15, 0.2) is 0 Å². The fourth-order valence-electron chi connectivity index (χ4n) is 2.53. The van der Waals surface area contributed by atoms with Crippen LogP contribution >= 0.6 is 7.60 Å². The second-order valence-corrected chi connectivity index (χ2v) is 8.85. The van der Waals surface area contributed by atoms with Gasteiger partial charge in [-0.05, 0) is 38.7 Å². The number of carbonyl (C=O) groups excluding carboxylic acids is 1. The third-order valence-electron chi connectivity index (χ3n) is 4.13. The number of rotatable bonds is 17. The van der Waals surface area contributed by atoms with Crippen molar-refractivity contribution >= 4 is 13.4 Å². The van der Waals surface area contributed by atoms with Crippen LogP contribution < -0.4 is 5.73 Å². The lowest BCUT2D eigenvalue weighted by Gasteiger charge is -2.18. The molecule has 0 aliphatic heterocycles. The van der Waals surface area contributed by atoms with Gasteiger partial charge in [0.05, 0.1) is 13.2 Å². The number of methoxy groups -OCH3 is 1. The molecule has 0 heterocycles. The predicted molar refractivity (Wildman–Crippen MR) is 112 cm³/mol. The van der Waals surface area contributed by atoms with Crippen molar-refractivity contribution in [3.63, 3.8) is 0 Å². The molecule has 0 fully saturated rings. The van der Waals surface area contributed by atoms with Crippen LogP contribution in [0, 0.1) is 5.92 Å². The number of hydrogen-bond acceptors (Lipinski definition) is 6. The maximum absolute atomic E-state index is 11.8. The summed E-state index contributed by atoms with van der Waals surface area (Å²) in [6.45, 7) is 5.63. The molecular formula is C20H38NO6P. The van der Waals surface area contributed by atoms with Gasteiger partial charge >= 0.3 is 7.60 Å². The number of unbranched alkanes of at least 4 members (excludes halogenated alkanes) is 2. The zero-order valence-corrected chi connectivity index (χ0v) is 18.7. The number of hydrogen-bond donors (Lipinski definition) is 2. The molecule has 8 heteroatoms. The molecule has 0 aromatic rings. The molecular weight excluding hydrogens is 381 g/mol. The lowest BCUT2D eigenvalue weighted by molar-refractivity contribution is -0.120. The number of Topliss-reactive ketones (excluding diaryl/α,β-unsaturated/α-hetero) is 1. The van der Waals surface area contributed by atoms with Crippen LogP contribution in [0.15, 0.2) is 23.9 Å². The number of ketones is 1. The number of ether oxygens (including phenoxy) is 2. The van der Waals surface area contributed by atoms with E-state index in [1.807, 2.05) is 18.2 Å². The summed E-state index contributed by atoms with van der Waals surface area (Å²) in [6, 6.07) is 0. The summed E-state index contributed by atoms with van der Waals surface area (Å²) < 4.78 is 26.8. The first-order valence-corrected chi connectivity index (χ1v) is 11.9. The molecule has 0 aromatic heterocycles. The van der Waals surface area contributed by atoms with Crippen molar-refractivity contribution in [2.45, 2.75) is 58.5 Å². The summed E-state index contributed by atoms with van der Waals surface area (Å²) in [6.07, 6.45) is 10.6. The van der Waals surface area contributed by atoms with E-state index in [4.69, 9.17) is 19.7 Å². The maximum atomic E-state index is 11.8. The second-order valence-electron chi connectivity index (χ2n) is 6.98. The van der Waals surface area contributed by atoms with Crippen molar-refractivity contribution in [1.82, 2.24) is 0 Å². The van der Waals surface area contributed by atoms with Crippen LogP contribution in [0.5, 0.6) is 0 Å². The summed E-state index contributed by atoms with van der Waals surface area (Å²) in [4.78, 5) is 21.0. The Kier molecular flexibility index (Phi) is 15.3. The van der Waals surface area contributed by atoms with Gasteiger partial charge in [0.25, 0.3) is 0 Å². The first-order chi connectivity index (χ1) is 13.2. The highest BCUT2D eigenvalue weighted by atomic mass is 31.2. The van der Waals surface area contributed by atoms with Gasteiger partial charge in [0.2, 0.25) is 0 Å². The van der Waals surface area contributed by atoms with Crippen molar-refractivity contribution in [3.05, 3.63) is 23.9 Å². The first kappa shape index (κ1) is 27.0. The normalized spacial score (nSPS) is 16.8. The zero-order chi connectivity index (χ0) is 21.4. The summed E-state index contributed by atoms with van der Waals surface area (Å²) >= 11 is 0. The van der Waals surface area contributed by atoms with Gasteiger partial charge in [-0.25, -0.2) is 0 Å². The largest absolute Gasteiger partial charge is 0.399 e. The van der Waals surface area contributed by atoms with Crippen molar-refractivity contribution in [2.24, 2.45) is 11.7 Å². The highest BCUT2D eigenvalue weighted by molar-refractivity contribution is 7.51. The molecule has 164 valence electrons. The monoisotopic (exact) mass is 419 g/mol. The Morgan fingerprint density at radius 1 is 1.29 bits per heavy atom. The second kappa shape index (κ2) is 15.9. The molecule has 7 nitrogen and oxygen atoms in total. The molecule has 3 N–H and O–H groups in total. The Bertz CT molecular complexity index is 529. The summed E-state index contributed by atoms with van der Waals surface area (Å²) in [5, 5.41) is 0. The summed E-state index contributed by atoms with van der Waals surface area (Å²) in [5.41, 5.74) is 6.62. The van der Waals surface area contributed by atoms with Crippen LogP contribution in [0.1, 0.15) is 52.4 Å². The number of nitrogens with two attached hydrogens (primary N) is 1. The molecule has 0 aliphatic carbocycles. The molecule has 0 aliphatic rings. The Morgan fingerprint density at radius 3 is 2.57 bits per heavy atom. The van der Waals surface area contributed by atoms with E-state index in [9.17, 15) is 14.3 Å². The Morgan fingerprint density at radius 2 is 2.00 bits per heavy atom. The van der Waals surface area contributed by atoms with Crippen LogP contribution in [0.4, 0.5) is 0 Å². The first-order valence-electron chi connectivity index (χ1n) is 9.87. The minimum Gasteiger partial charge on any atom is -0.399 e. The van der Waals surface area contributed by atoms with Gasteiger partial charge in [-0.2, -0.15) is 0 Å². The average molecular weight is 419 g/mol. The molecule has 0 radical (unpaired) electrons. The van der Waals surface area contributed by atoms with E-state index in [0.717, 1.165) is 44.5 Å². The van der Waals surface area contributed by atoms with Gasteiger partial charge in [-0.15, -0.1) is 0 Å². The molecule has 28 heavy (non-hydrogen) atoms. The van der Waals surface area contributed by atoms with Crippen LogP contribution in [0.3, 0.4) is 0 Å². The number of carbonyl (C=O) groups is 1. The van der Waals surface area contributed by atoms with Crippen molar-refractivity contribution < 1.29 is 28.3 Å². The lowest BCUT2D eigenvalue weighted by Crippen LogP contribution is -2.25. The topological polar surface area (TPSA) is 108 Å². The molecule has 3 atom stereocenters. The molecule has 0 amide bonds. The van der Waals surface area contributed by atoms with Gasteiger partial charge < -0.3 is 24.6 Å². The lowest BCUT2D eigenvalue weighted by atomic mass is 9.94. The van der Waals surface area contributed by atoms with E-state index in [0.29, 0.717) is 13.0 Å². The highest BCUT2D eigenvalue weighted by Crippen LogP contribution is 2.36. The highest BCUT2D eigenvalue weighted by Gasteiger charge is 2.17. The molecule has 0 aromatic carbocycles. The van der Waals surface area contributed by atoms with Crippen molar-refractivity contribution in [2.75, 3.05) is 33.6 Å². The van der Waals surface area contributed by atoms with Crippen LogP contribution in [-0.2, 0) is 23.4 Å². The van der Waals surface area contributed by atoms with E-state index in [1.54, 1.807) is 6.92 Å². The minimum atomic E-state index is -3.53. The summed E-state index contributed by atoms with van der Waals surface area (Å²) in [7, 11) is -1.99. The Hall–Kier alpha value is -0.980. The number of allylic oxidation sites excluding steroid dienone is 3. The fourth-order valence-corrected chi connectivity index (χ4v) is 2.97. The fraction of sp³-hybridized carbons (Fsp3) is 0.750. The SMILES string of the molecule is CCC/C=C(N)/C=C\C[C@H](CCCCO[C@H](COC)COP(C)(=O)O)C(C)=O. The van der Waals surface area contributed by atoms with Crippen molar-refractivity contribution in [3.8, 4) is 0 Å². The smallest absolute Gasteiger partial charge is 0.325 e. The zero-order valence-electron chi connectivity index (χ0n) is 17.8. The van der Waals surface area contributed by atoms with Crippen LogP contribution in [0.25, 0.3) is 0 Å². The third kappa shape index (κ3) is 16.0. The predicted octanol–water partition coefficient (Wildman–Crippen LogP) is 3.81. The van der Waals surface area contributed by atoms with Crippen LogP contribution in [0.2, 0.25) is 0 Å². The van der Waals surface area contributed by atoms with Crippen LogP contribution in [-0.4, -0.2) is 50.4 Å². The molecule has 0 rings (SSSR count). The Labute approximate surface area is 169 Å². The van der Waals surface area contributed by atoms with Gasteiger partial charge in [-0.1, -0.05) is 31.9 Å². The van der Waals surface area contributed by atoms with Gasteiger partial charge in [0, 0.05) is 32.0 Å². The van der Waals surface area contributed by atoms with E-state index in [1.165, 1.54) is 7.11 Å². The molecule has 1 unspecified atom stereocenters. The molecule has 0 bridgehead atoms. The van der Waals surface area contributed by atoms with Gasteiger partial charge in [0.1, 0.15) is 11.9 Å². The summed E-state index contributed by atoms with van der Waals surface area (Å²) in [5.74, 6) is 0.155.